The van der Waals surface area contributed by atoms with Crippen LogP contribution in [0, 0.1) is 11.3 Å². The van der Waals surface area contributed by atoms with Gasteiger partial charge in [0.15, 0.2) is 0 Å². The Labute approximate surface area is 129 Å². The van der Waals surface area contributed by atoms with E-state index in [1.807, 2.05) is 6.07 Å². The average Bonchev–Trinajstić information content (AvgIpc) is 2.53. The number of sulfonamides is 1. The molecule has 0 radical (unpaired) electrons. The van der Waals surface area contributed by atoms with Crippen LogP contribution in [0.25, 0.3) is 0 Å². The summed E-state index contributed by atoms with van der Waals surface area (Å²) in [7, 11) is -3.49. The number of nitrogens with one attached hydrogen (secondary N) is 1. The van der Waals surface area contributed by atoms with Gasteiger partial charge in [0.25, 0.3) is 0 Å². The summed E-state index contributed by atoms with van der Waals surface area (Å²) in [4.78, 5) is 0.192. The molecule has 1 aromatic rings. The highest BCUT2D eigenvalue weighted by atomic mass is 32.2. The van der Waals surface area contributed by atoms with E-state index in [0.717, 1.165) is 31.8 Å². The van der Waals surface area contributed by atoms with Gasteiger partial charge in [0.1, 0.15) is 0 Å². The van der Waals surface area contributed by atoms with Gasteiger partial charge in [-0.25, -0.2) is 13.1 Å². The monoisotopic (exact) mass is 326 g/mol. The highest BCUT2D eigenvalue weighted by Crippen LogP contribution is 2.21. The Morgan fingerprint density at radius 3 is 2.57 bits per heavy atom. The molecule has 21 heavy (non-hydrogen) atoms. The van der Waals surface area contributed by atoms with Crippen molar-refractivity contribution in [2.24, 2.45) is 0 Å². The van der Waals surface area contributed by atoms with Crippen LogP contribution in [0.4, 0.5) is 0 Å². The van der Waals surface area contributed by atoms with E-state index < -0.39 is 10.0 Å². The molecule has 1 N–H and O–H groups in total. The van der Waals surface area contributed by atoms with Gasteiger partial charge in [-0.15, -0.1) is 0 Å². The highest BCUT2D eigenvalue weighted by molar-refractivity contribution is 8.00. The zero-order valence-corrected chi connectivity index (χ0v) is 13.3. The van der Waals surface area contributed by atoms with Crippen molar-refractivity contribution in [1.82, 2.24) is 4.72 Å². The SMILES string of the molecule is N#Cc1ccc(S(=O)(=O)NCCSC2CCOCC2)cc1. The van der Waals surface area contributed by atoms with Gasteiger partial charge in [-0.3, -0.25) is 0 Å². The lowest BCUT2D eigenvalue weighted by Crippen LogP contribution is -2.27. The normalized spacial score (nSPS) is 16.5. The number of hydrogen-bond donors (Lipinski definition) is 1. The molecular weight excluding hydrogens is 308 g/mol. The van der Waals surface area contributed by atoms with Crippen LogP contribution in [0.15, 0.2) is 29.2 Å². The molecule has 114 valence electrons. The lowest BCUT2D eigenvalue weighted by Gasteiger charge is -2.21. The molecule has 1 aromatic carbocycles. The largest absolute Gasteiger partial charge is 0.381 e. The van der Waals surface area contributed by atoms with Crippen LogP contribution in [0.5, 0.6) is 0 Å². The molecule has 0 aromatic heterocycles. The first kappa shape index (κ1) is 16.3. The van der Waals surface area contributed by atoms with E-state index in [0.29, 0.717) is 17.4 Å². The molecule has 7 heteroatoms. The van der Waals surface area contributed by atoms with Gasteiger partial charge in [-0.1, -0.05) is 0 Å². The Kier molecular flexibility index (Phi) is 6.06. The lowest BCUT2D eigenvalue weighted by atomic mass is 10.2. The average molecular weight is 326 g/mol. The van der Waals surface area contributed by atoms with E-state index in [1.165, 1.54) is 24.3 Å². The third-order valence-corrected chi connectivity index (χ3v) is 6.07. The minimum Gasteiger partial charge on any atom is -0.381 e. The standard InChI is InChI=1S/C14H18N2O3S2/c15-11-12-1-3-14(4-2-12)21(17,18)16-7-10-20-13-5-8-19-9-6-13/h1-4,13,16H,5-10H2. The summed E-state index contributed by atoms with van der Waals surface area (Å²) in [6, 6.07) is 7.88. The van der Waals surface area contributed by atoms with Crippen molar-refractivity contribution in [1.29, 1.82) is 5.26 Å². The van der Waals surface area contributed by atoms with Gasteiger partial charge >= 0.3 is 0 Å². The minimum atomic E-state index is -3.49. The van der Waals surface area contributed by atoms with Gasteiger partial charge in [0.05, 0.1) is 16.5 Å². The van der Waals surface area contributed by atoms with Crippen molar-refractivity contribution in [3.05, 3.63) is 29.8 Å². The summed E-state index contributed by atoms with van der Waals surface area (Å²) in [6.07, 6.45) is 2.07. The van der Waals surface area contributed by atoms with Crippen molar-refractivity contribution in [3.8, 4) is 6.07 Å². The Balaban J connectivity index is 1.79. The van der Waals surface area contributed by atoms with E-state index in [9.17, 15) is 8.42 Å². The van der Waals surface area contributed by atoms with Gasteiger partial charge in [0.2, 0.25) is 10.0 Å². The van der Waals surface area contributed by atoms with Gasteiger partial charge in [-0.2, -0.15) is 17.0 Å². The second-order valence-corrected chi connectivity index (χ2v) is 7.89. The molecule has 0 bridgehead atoms. The maximum Gasteiger partial charge on any atom is 0.240 e. The summed E-state index contributed by atoms with van der Waals surface area (Å²) in [5.74, 6) is 0.750. The van der Waals surface area contributed by atoms with Crippen LogP contribution in [0.1, 0.15) is 18.4 Å². The number of rotatable bonds is 6. The van der Waals surface area contributed by atoms with Crippen LogP contribution in [0.3, 0.4) is 0 Å². The molecule has 0 atom stereocenters. The fraction of sp³-hybridized carbons (Fsp3) is 0.500. The first-order valence-corrected chi connectivity index (χ1v) is 9.34. The van der Waals surface area contributed by atoms with E-state index in [2.05, 4.69) is 4.72 Å². The van der Waals surface area contributed by atoms with E-state index in [-0.39, 0.29) is 4.90 Å². The van der Waals surface area contributed by atoms with Crippen molar-refractivity contribution >= 4 is 21.8 Å². The number of nitrogens with zero attached hydrogens (tertiary/aromatic N) is 1. The molecule has 1 fully saturated rings. The highest BCUT2D eigenvalue weighted by Gasteiger charge is 2.16. The third-order valence-electron chi connectivity index (χ3n) is 3.21. The minimum absolute atomic E-state index is 0.192. The van der Waals surface area contributed by atoms with E-state index in [4.69, 9.17) is 10.00 Å². The summed E-state index contributed by atoms with van der Waals surface area (Å²) < 4.78 is 32.0. The number of thioether (sulfide) groups is 1. The van der Waals surface area contributed by atoms with Crippen molar-refractivity contribution in [2.75, 3.05) is 25.5 Å². The molecule has 0 saturated carbocycles. The molecule has 1 aliphatic heterocycles. The second-order valence-electron chi connectivity index (χ2n) is 4.72. The quantitative estimate of drug-likeness (QED) is 0.806. The molecule has 1 heterocycles. The van der Waals surface area contributed by atoms with E-state index in [1.54, 1.807) is 11.8 Å². The number of hydrogen-bond acceptors (Lipinski definition) is 5. The van der Waals surface area contributed by atoms with Crippen molar-refractivity contribution < 1.29 is 13.2 Å². The molecule has 0 amide bonds. The zero-order valence-electron chi connectivity index (χ0n) is 11.6. The third kappa shape index (κ3) is 5.00. The molecule has 0 unspecified atom stereocenters. The van der Waals surface area contributed by atoms with Gasteiger partial charge < -0.3 is 4.74 Å². The molecule has 0 aliphatic carbocycles. The first-order valence-electron chi connectivity index (χ1n) is 6.81. The molecule has 2 rings (SSSR count). The van der Waals surface area contributed by atoms with Crippen LogP contribution in [0.2, 0.25) is 0 Å². The Morgan fingerprint density at radius 1 is 1.29 bits per heavy atom. The van der Waals surface area contributed by atoms with Crippen LogP contribution < -0.4 is 4.72 Å². The first-order chi connectivity index (χ1) is 10.1. The fourth-order valence-electron chi connectivity index (χ4n) is 2.04. The smallest absolute Gasteiger partial charge is 0.240 e. The summed E-state index contributed by atoms with van der Waals surface area (Å²) in [5, 5.41) is 9.27. The Bertz CT molecular complexity index is 588. The lowest BCUT2D eigenvalue weighted by molar-refractivity contribution is 0.100. The summed E-state index contributed by atoms with van der Waals surface area (Å²) in [5.41, 5.74) is 0.448. The van der Waals surface area contributed by atoms with E-state index >= 15 is 0 Å². The number of ether oxygens (including phenoxy) is 1. The van der Waals surface area contributed by atoms with Gasteiger partial charge in [0, 0.05) is 30.8 Å². The second kappa shape index (κ2) is 7.80. The maximum absolute atomic E-state index is 12.1. The van der Waals surface area contributed by atoms with Crippen LogP contribution >= 0.6 is 11.8 Å². The molecule has 5 nitrogen and oxygen atoms in total. The molecule has 1 saturated heterocycles. The number of benzene rings is 1. The maximum atomic E-state index is 12.1. The summed E-state index contributed by atoms with van der Waals surface area (Å²) >= 11 is 1.79. The molecular formula is C14H18N2O3S2. The molecule has 1 aliphatic rings. The van der Waals surface area contributed by atoms with Crippen LogP contribution in [-0.2, 0) is 14.8 Å². The number of nitriles is 1. The zero-order chi connectivity index (χ0) is 15.1. The van der Waals surface area contributed by atoms with Crippen molar-refractivity contribution in [3.63, 3.8) is 0 Å². The Hall–Kier alpha value is -1.07. The predicted octanol–water partition coefficient (Wildman–Crippen LogP) is 1.75. The fourth-order valence-corrected chi connectivity index (χ4v) is 4.28. The Morgan fingerprint density at radius 2 is 1.95 bits per heavy atom. The predicted molar refractivity (Wildman–Crippen MR) is 82.6 cm³/mol. The van der Waals surface area contributed by atoms with Crippen molar-refractivity contribution in [2.45, 2.75) is 23.0 Å². The topological polar surface area (TPSA) is 79.2 Å². The van der Waals surface area contributed by atoms with Crippen LogP contribution in [-0.4, -0.2) is 39.2 Å². The van der Waals surface area contributed by atoms with Gasteiger partial charge in [-0.05, 0) is 37.1 Å². The summed E-state index contributed by atoms with van der Waals surface area (Å²) in [6.45, 7) is 2.01. The molecule has 0 spiro atoms.